The first-order chi connectivity index (χ1) is 10.8. The van der Waals surface area contributed by atoms with Gasteiger partial charge in [-0.25, -0.2) is 0 Å². The van der Waals surface area contributed by atoms with Crippen LogP contribution in [0.25, 0.3) is 10.8 Å². The number of methoxy groups -OCH3 is 1. The van der Waals surface area contributed by atoms with Crippen LogP contribution in [0.1, 0.15) is 36.5 Å². The van der Waals surface area contributed by atoms with Crippen molar-refractivity contribution in [3.8, 4) is 5.75 Å². The summed E-state index contributed by atoms with van der Waals surface area (Å²) in [6.45, 7) is 2.23. The summed E-state index contributed by atoms with van der Waals surface area (Å²) in [6, 6.07) is 10.7. The number of rotatable bonds is 2. The topological polar surface area (TPSA) is 32.7 Å². The molecule has 1 N–H and O–H groups in total. The molecule has 0 radical (unpaired) electrons. The highest BCUT2D eigenvalue weighted by molar-refractivity contribution is 5.92. The van der Waals surface area contributed by atoms with Gasteiger partial charge in [0.05, 0.1) is 13.2 Å². The van der Waals surface area contributed by atoms with E-state index in [1.165, 1.54) is 30.2 Å². The standard InChI is InChI=1S/C19H23NO2/c1-22-18-12-16-15(13-7-3-4-8-14(13)18)11-17(19(16)21)20-9-5-2-6-10-20/h3-4,7-8,12,17,19,21H,2,5-6,9-11H2,1H3. The average Bonchev–Trinajstić information content (AvgIpc) is 2.92. The summed E-state index contributed by atoms with van der Waals surface area (Å²) in [6.07, 6.45) is 4.38. The molecule has 2 aromatic carbocycles. The van der Waals surface area contributed by atoms with Crippen LogP contribution in [0.4, 0.5) is 0 Å². The predicted molar refractivity (Wildman–Crippen MR) is 88.4 cm³/mol. The maximum atomic E-state index is 10.9. The Hall–Kier alpha value is -1.58. The highest BCUT2D eigenvalue weighted by Crippen LogP contribution is 2.42. The molecule has 0 spiro atoms. The first-order valence-corrected chi connectivity index (χ1v) is 8.30. The average molecular weight is 297 g/mol. The maximum absolute atomic E-state index is 10.9. The highest BCUT2D eigenvalue weighted by atomic mass is 16.5. The summed E-state index contributed by atoms with van der Waals surface area (Å²) in [4.78, 5) is 2.48. The number of piperidine rings is 1. The van der Waals surface area contributed by atoms with E-state index < -0.39 is 6.10 Å². The van der Waals surface area contributed by atoms with Crippen LogP contribution < -0.4 is 4.74 Å². The molecule has 1 aliphatic heterocycles. The van der Waals surface area contributed by atoms with Crippen molar-refractivity contribution in [2.45, 2.75) is 37.8 Å². The molecule has 3 heteroatoms. The number of benzene rings is 2. The van der Waals surface area contributed by atoms with Crippen LogP contribution in [0.5, 0.6) is 5.75 Å². The zero-order valence-electron chi connectivity index (χ0n) is 13.1. The second-order valence-corrected chi connectivity index (χ2v) is 6.51. The van der Waals surface area contributed by atoms with Crippen molar-refractivity contribution >= 4 is 10.8 Å². The molecule has 4 rings (SSSR count). The monoisotopic (exact) mass is 297 g/mol. The minimum absolute atomic E-state index is 0.228. The zero-order valence-corrected chi connectivity index (χ0v) is 13.1. The van der Waals surface area contributed by atoms with Crippen molar-refractivity contribution in [2.75, 3.05) is 20.2 Å². The van der Waals surface area contributed by atoms with Crippen LogP contribution in [-0.4, -0.2) is 36.2 Å². The van der Waals surface area contributed by atoms with E-state index in [1.807, 2.05) is 12.1 Å². The summed E-state index contributed by atoms with van der Waals surface area (Å²) >= 11 is 0. The van der Waals surface area contributed by atoms with Gasteiger partial charge in [0.25, 0.3) is 0 Å². The first-order valence-electron chi connectivity index (χ1n) is 8.30. The largest absolute Gasteiger partial charge is 0.496 e. The molecule has 2 atom stereocenters. The lowest BCUT2D eigenvalue weighted by atomic mass is 9.99. The van der Waals surface area contributed by atoms with Gasteiger partial charge in [-0.2, -0.15) is 0 Å². The van der Waals surface area contributed by atoms with E-state index in [4.69, 9.17) is 4.74 Å². The number of nitrogens with zero attached hydrogens (tertiary/aromatic N) is 1. The lowest BCUT2D eigenvalue weighted by Crippen LogP contribution is -2.41. The third kappa shape index (κ3) is 2.11. The molecule has 1 fully saturated rings. The Kier molecular flexibility index (Phi) is 3.55. The highest BCUT2D eigenvalue weighted by Gasteiger charge is 2.37. The Morgan fingerprint density at radius 1 is 1.09 bits per heavy atom. The molecule has 116 valence electrons. The number of aliphatic hydroxyl groups excluding tert-OH is 1. The van der Waals surface area contributed by atoms with E-state index in [0.29, 0.717) is 0 Å². The molecule has 1 heterocycles. The van der Waals surface area contributed by atoms with Crippen molar-refractivity contribution in [1.82, 2.24) is 4.90 Å². The third-order valence-electron chi connectivity index (χ3n) is 5.33. The third-order valence-corrected chi connectivity index (χ3v) is 5.33. The number of likely N-dealkylation sites (tertiary alicyclic amines) is 1. The maximum Gasteiger partial charge on any atom is 0.127 e. The minimum atomic E-state index is -0.397. The van der Waals surface area contributed by atoms with Gasteiger partial charge < -0.3 is 9.84 Å². The Balaban J connectivity index is 1.79. The van der Waals surface area contributed by atoms with Crippen molar-refractivity contribution in [3.05, 3.63) is 41.5 Å². The second kappa shape index (κ2) is 5.56. The number of hydrogen-bond acceptors (Lipinski definition) is 3. The minimum Gasteiger partial charge on any atom is -0.496 e. The number of aliphatic hydroxyl groups is 1. The molecule has 0 saturated carbocycles. The molecule has 2 unspecified atom stereocenters. The van der Waals surface area contributed by atoms with Gasteiger partial charge in [0, 0.05) is 11.4 Å². The van der Waals surface area contributed by atoms with Crippen molar-refractivity contribution in [1.29, 1.82) is 0 Å². The molecule has 1 aliphatic carbocycles. The van der Waals surface area contributed by atoms with Gasteiger partial charge in [-0.15, -0.1) is 0 Å². The number of hydrogen-bond donors (Lipinski definition) is 1. The Morgan fingerprint density at radius 3 is 2.55 bits per heavy atom. The van der Waals surface area contributed by atoms with Gasteiger partial charge in [0.1, 0.15) is 5.75 Å². The fraction of sp³-hybridized carbons (Fsp3) is 0.474. The van der Waals surface area contributed by atoms with Crippen LogP contribution in [0.3, 0.4) is 0 Å². The molecule has 0 amide bonds. The Bertz CT molecular complexity index is 691. The smallest absolute Gasteiger partial charge is 0.127 e. The molecule has 2 aliphatic rings. The summed E-state index contributed by atoms with van der Waals surface area (Å²) in [5, 5.41) is 13.3. The van der Waals surface area contributed by atoms with Crippen molar-refractivity contribution in [3.63, 3.8) is 0 Å². The fourth-order valence-corrected chi connectivity index (χ4v) is 4.19. The number of fused-ring (bicyclic) bond motifs is 3. The van der Waals surface area contributed by atoms with Gasteiger partial charge >= 0.3 is 0 Å². The lowest BCUT2D eigenvalue weighted by Gasteiger charge is -2.34. The molecule has 22 heavy (non-hydrogen) atoms. The van der Waals surface area contributed by atoms with Crippen molar-refractivity contribution < 1.29 is 9.84 Å². The van der Waals surface area contributed by atoms with Gasteiger partial charge in [-0.3, -0.25) is 4.90 Å². The molecule has 3 nitrogen and oxygen atoms in total. The number of ether oxygens (including phenoxy) is 1. The van der Waals surface area contributed by atoms with Crippen LogP contribution >= 0.6 is 0 Å². The lowest BCUT2D eigenvalue weighted by molar-refractivity contribution is 0.0493. The molecular formula is C19H23NO2. The summed E-state index contributed by atoms with van der Waals surface area (Å²) in [5.41, 5.74) is 2.37. The van der Waals surface area contributed by atoms with Crippen LogP contribution in [0, 0.1) is 0 Å². The Morgan fingerprint density at radius 2 is 1.82 bits per heavy atom. The van der Waals surface area contributed by atoms with E-state index in [0.717, 1.165) is 36.2 Å². The van der Waals surface area contributed by atoms with E-state index in [2.05, 4.69) is 23.1 Å². The molecule has 0 aromatic heterocycles. The van der Waals surface area contributed by atoms with Crippen LogP contribution in [0.15, 0.2) is 30.3 Å². The van der Waals surface area contributed by atoms with E-state index in [1.54, 1.807) is 7.11 Å². The SMILES string of the molecule is COc1cc2c(c3ccccc13)CC(N1CCCCC1)C2O. The predicted octanol–water partition coefficient (Wildman–Crippen LogP) is 3.29. The second-order valence-electron chi connectivity index (χ2n) is 6.51. The Labute approximate surface area is 131 Å². The van der Waals surface area contributed by atoms with Crippen LogP contribution in [0.2, 0.25) is 0 Å². The normalized spacial score (nSPS) is 25.4. The van der Waals surface area contributed by atoms with Gasteiger partial charge in [0.2, 0.25) is 0 Å². The molecule has 0 bridgehead atoms. The summed E-state index contributed by atoms with van der Waals surface area (Å²) in [5.74, 6) is 0.868. The van der Waals surface area contributed by atoms with Gasteiger partial charge in [0.15, 0.2) is 0 Å². The van der Waals surface area contributed by atoms with Gasteiger partial charge in [-0.1, -0.05) is 30.7 Å². The van der Waals surface area contributed by atoms with E-state index in [-0.39, 0.29) is 6.04 Å². The fourth-order valence-electron chi connectivity index (χ4n) is 4.19. The summed E-state index contributed by atoms with van der Waals surface area (Å²) < 4.78 is 5.56. The summed E-state index contributed by atoms with van der Waals surface area (Å²) in [7, 11) is 1.71. The quantitative estimate of drug-likeness (QED) is 0.923. The van der Waals surface area contributed by atoms with Crippen molar-refractivity contribution in [2.24, 2.45) is 0 Å². The zero-order chi connectivity index (χ0) is 15.1. The van der Waals surface area contributed by atoms with Crippen LogP contribution in [-0.2, 0) is 6.42 Å². The molecular weight excluding hydrogens is 274 g/mol. The van der Waals surface area contributed by atoms with Gasteiger partial charge in [-0.05, 0) is 54.9 Å². The first kappa shape index (κ1) is 14.0. The molecule has 2 aromatic rings. The molecule has 1 saturated heterocycles. The van der Waals surface area contributed by atoms with E-state index >= 15 is 0 Å². The van der Waals surface area contributed by atoms with E-state index in [9.17, 15) is 5.11 Å².